The Balaban J connectivity index is 3.83. The molecule has 3 amide bonds. The molecule has 0 bridgehead atoms. The van der Waals surface area contributed by atoms with Gasteiger partial charge >= 0.3 is 18.0 Å². The lowest BCUT2D eigenvalue weighted by atomic mass is 10.4. The van der Waals surface area contributed by atoms with Crippen molar-refractivity contribution in [1.29, 1.82) is 0 Å². The molecule has 17 heavy (non-hydrogen) atoms. The van der Waals surface area contributed by atoms with Crippen LogP contribution in [0.15, 0.2) is 12.2 Å². The Bertz CT molecular complexity index is 349. The first-order chi connectivity index (χ1) is 7.95. The molecule has 0 aliphatic heterocycles. The van der Waals surface area contributed by atoms with E-state index in [1.54, 1.807) is 0 Å². The number of rotatable bonds is 5. The first-order valence-corrected chi connectivity index (χ1v) is 4.52. The van der Waals surface area contributed by atoms with Crippen molar-refractivity contribution in [2.24, 2.45) is 0 Å². The molecular formula is C9H12N2O6. The van der Waals surface area contributed by atoms with Crippen molar-refractivity contribution < 1.29 is 29.0 Å². The van der Waals surface area contributed by atoms with Gasteiger partial charge in [-0.15, -0.1) is 0 Å². The zero-order valence-corrected chi connectivity index (χ0v) is 9.06. The van der Waals surface area contributed by atoms with Gasteiger partial charge in [0.05, 0.1) is 13.5 Å². The Morgan fingerprint density at radius 1 is 1.24 bits per heavy atom. The van der Waals surface area contributed by atoms with Crippen LogP contribution in [0.3, 0.4) is 0 Å². The zero-order chi connectivity index (χ0) is 13.3. The van der Waals surface area contributed by atoms with Crippen molar-refractivity contribution in [2.45, 2.75) is 6.42 Å². The number of imide groups is 1. The van der Waals surface area contributed by atoms with Crippen LogP contribution >= 0.6 is 0 Å². The van der Waals surface area contributed by atoms with Crippen LogP contribution in [-0.2, 0) is 19.1 Å². The molecule has 0 saturated heterocycles. The van der Waals surface area contributed by atoms with Crippen LogP contribution in [0.1, 0.15) is 6.42 Å². The monoisotopic (exact) mass is 244 g/mol. The van der Waals surface area contributed by atoms with E-state index in [9.17, 15) is 19.2 Å². The van der Waals surface area contributed by atoms with Gasteiger partial charge in [-0.3, -0.25) is 14.9 Å². The lowest BCUT2D eigenvalue weighted by Gasteiger charge is -2.03. The van der Waals surface area contributed by atoms with Crippen LogP contribution in [0.25, 0.3) is 0 Å². The highest BCUT2D eigenvalue weighted by atomic mass is 16.5. The number of ether oxygens (including phenoxy) is 1. The van der Waals surface area contributed by atoms with Gasteiger partial charge in [0.15, 0.2) is 0 Å². The summed E-state index contributed by atoms with van der Waals surface area (Å²) < 4.78 is 4.32. The first-order valence-electron chi connectivity index (χ1n) is 4.52. The number of hydrogen-bond donors (Lipinski definition) is 3. The molecule has 3 N–H and O–H groups in total. The van der Waals surface area contributed by atoms with E-state index in [-0.39, 0.29) is 13.0 Å². The highest BCUT2D eigenvalue weighted by Crippen LogP contribution is 1.81. The van der Waals surface area contributed by atoms with Crippen molar-refractivity contribution >= 4 is 23.9 Å². The molecule has 0 unspecified atom stereocenters. The Labute approximate surface area is 96.6 Å². The molecule has 0 aromatic rings. The topological polar surface area (TPSA) is 122 Å². The number of amides is 3. The maximum Gasteiger partial charge on any atom is 0.328 e. The van der Waals surface area contributed by atoms with Crippen molar-refractivity contribution in [2.75, 3.05) is 13.7 Å². The molecule has 8 heteroatoms. The van der Waals surface area contributed by atoms with Crippen molar-refractivity contribution in [3.05, 3.63) is 12.2 Å². The molecule has 0 rings (SSSR count). The molecule has 0 spiro atoms. The Morgan fingerprint density at radius 2 is 1.88 bits per heavy atom. The van der Waals surface area contributed by atoms with Crippen molar-refractivity contribution in [3.63, 3.8) is 0 Å². The fraction of sp³-hybridized carbons (Fsp3) is 0.333. The summed E-state index contributed by atoms with van der Waals surface area (Å²) >= 11 is 0. The third-order valence-corrected chi connectivity index (χ3v) is 1.46. The number of methoxy groups -OCH3 is 1. The van der Waals surface area contributed by atoms with E-state index < -0.39 is 23.9 Å². The van der Waals surface area contributed by atoms with Gasteiger partial charge in [0.2, 0.25) is 0 Å². The SMILES string of the molecule is COC(=O)CCNC(=O)NC(=O)/C=C/C(=O)O. The Morgan fingerprint density at radius 3 is 2.41 bits per heavy atom. The summed E-state index contributed by atoms with van der Waals surface area (Å²) in [6.07, 6.45) is 1.27. The quantitative estimate of drug-likeness (QED) is 0.422. The third kappa shape index (κ3) is 8.60. The minimum absolute atomic E-state index is 0.00836. The van der Waals surface area contributed by atoms with Crippen LogP contribution < -0.4 is 10.6 Å². The van der Waals surface area contributed by atoms with Crippen LogP contribution in [-0.4, -0.2) is 42.6 Å². The highest BCUT2D eigenvalue weighted by molar-refractivity contribution is 6.02. The number of carboxylic acid groups (broad SMARTS) is 1. The average Bonchev–Trinajstić information content (AvgIpc) is 2.26. The lowest BCUT2D eigenvalue weighted by molar-refractivity contribution is -0.140. The first kappa shape index (κ1) is 14.6. The number of carbonyl (C=O) groups is 4. The summed E-state index contributed by atoms with van der Waals surface area (Å²) in [5, 5.41) is 12.3. The van der Waals surface area contributed by atoms with Gasteiger partial charge in [-0.2, -0.15) is 0 Å². The van der Waals surface area contributed by atoms with Crippen LogP contribution in [0.2, 0.25) is 0 Å². The minimum Gasteiger partial charge on any atom is -0.478 e. The number of hydrogen-bond acceptors (Lipinski definition) is 5. The van der Waals surface area contributed by atoms with Gasteiger partial charge in [-0.25, -0.2) is 9.59 Å². The second-order valence-corrected chi connectivity index (χ2v) is 2.74. The largest absolute Gasteiger partial charge is 0.478 e. The fourth-order valence-electron chi connectivity index (χ4n) is 0.725. The summed E-state index contributed by atoms with van der Waals surface area (Å²) in [5.41, 5.74) is 0. The van der Waals surface area contributed by atoms with Gasteiger partial charge in [0.25, 0.3) is 5.91 Å². The summed E-state index contributed by atoms with van der Waals surface area (Å²) in [5.74, 6) is -2.67. The van der Waals surface area contributed by atoms with Crippen LogP contribution in [0.4, 0.5) is 4.79 Å². The normalized spacial score (nSPS) is 9.71. The molecule has 0 fully saturated rings. The van der Waals surface area contributed by atoms with Gasteiger partial charge in [0.1, 0.15) is 0 Å². The van der Waals surface area contributed by atoms with E-state index in [0.717, 1.165) is 0 Å². The molecule has 0 aliphatic carbocycles. The maximum absolute atomic E-state index is 11.0. The molecule has 0 heterocycles. The number of carbonyl (C=O) groups excluding carboxylic acids is 3. The summed E-state index contributed by atoms with van der Waals surface area (Å²) in [6.45, 7) is 0.00836. The zero-order valence-electron chi connectivity index (χ0n) is 9.06. The van der Waals surface area contributed by atoms with E-state index in [4.69, 9.17) is 5.11 Å². The van der Waals surface area contributed by atoms with Crippen LogP contribution in [0, 0.1) is 0 Å². The Kier molecular flexibility index (Phi) is 6.75. The highest BCUT2D eigenvalue weighted by Gasteiger charge is 2.05. The number of urea groups is 1. The predicted octanol–water partition coefficient (Wildman–Crippen LogP) is -0.984. The molecule has 0 aliphatic rings. The summed E-state index contributed by atoms with van der Waals surface area (Å²) in [6, 6.07) is -0.825. The summed E-state index contributed by atoms with van der Waals surface area (Å²) in [7, 11) is 1.21. The average molecular weight is 244 g/mol. The molecule has 0 aromatic carbocycles. The van der Waals surface area contributed by atoms with E-state index in [2.05, 4.69) is 10.1 Å². The van der Waals surface area contributed by atoms with E-state index in [1.807, 2.05) is 5.32 Å². The molecule has 8 nitrogen and oxygen atoms in total. The number of carboxylic acids is 1. The number of esters is 1. The smallest absolute Gasteiger partial charge is 0.328 e. The van der Waals surface area contributed by atoms with E-state index in [0.29, 0.717) is 12.2 Å². The molecular weight excluding hydrogens is 232 g/mol. The van der Waals surface area contributed by atoms with Crippen molar-refractivity contribution in [1.82, 2.24) is 10.6 Å². The molecule has 0 atom stereocenters. The third-order valence-electron chi connectivity index (χ3n) is 1.46. The van der Waals surface area contributed by atoms with E-state index >= 15 is 0 Å². The molecule has 94 valence electrons. The molecule has 0 radical (unpaired) electrons. The van der Waals surface area contributed by atoms with Gasteiger partial charge in [-0.05, 0) is 0 Å². The standard InChI is InChI=1S/C9H12N2O6/c1-17-8(15)4-5-10-9(16)11-6(12)2-3-7(13)14/h2-3H,4-5H2,1H3,(H,13,14)(H2,10,11,12,16)/b3-2+. The van der Waals surface area contributed by atoms with E-state index in [1.165, 1.54) is 7.11 Å². The van der Waals surface area contributed by atoms with Gasteiger partial charge in [-0.1, -0.05) is 0 Å². The predicted molar refractivity (Wildman–Crippen MR) is 55.0 cm³/mol. The molecule has 0 saturated carbocycles. The number of aliphatic carboxylic acids is 1. The van der Waals surface area contributed by atoms with Crippen molar-refractivity contribution in [3.8, 4) is 0 Å². The second-order valence-electron chi connectivity index (χ2n) is 2.74. The minimum atomic E-state index is -1.30. The van der Waals surface area contributed by atoms with Crippen LogP contribution in [0.5, 0.6) is 0 Å². The molecule has 0 aromatic heterocycles. The van der Waals surface area contributed by atoms with Gasteiger partial charge < -0.3 is 15.2 Å². The Hall–Kier alpha value is -2.38. The lowest BCUT2D eigenvalue weighted by Crippen LogP contribution is -2.39. The fourth-order valence-corrected chi connectivity index (χ4v) is 0.725. The summed E-state index contributed by atoms with van der Waals surface area (Å²) in [4.78, 5) is 42.6. The van der Waals surface area contributed by atoms with Gasteiger partial charge in [0, 0.05) is 18.7 Å². The maximum atomic E-state index is 11.0. The second kappa shape index (κ2) is 7.85. The number of nitrogens with one attached hydrogen (secondary N) is 2.